The zero-order chi connectivity index (χ0) is 19.9. The summed E-state index contributed by atoms with van der Waals surface area (Å²) in [6, 6.07) is 16.5. The molecule has 0 spiro atoms. The van der Waals surface area contributed by atoms with Crippen LogP contribution >= 0.6 is 0 Å². The largest absolute Gasteiger partial charge is 0.489 e. The van der Waals surface area contributed by atoms with Gasteiger partial charge in [0, 0.05) is 17.6 Å². The molecule has 0 aliphatic rings. The van der Waals surface area contributed by atoms with Crippen molar-refractivity contribution >= 4 is 10.9 Å². The molecule has 2 aromatic carbocycles. The number of nitrogens with zero attached hydrogens (tertiary/aromatic N) is 1. The molecule has 0 atom stereocenters. The molecule has 3 aromatic rings. The molecule has 1 aromatic heterocycles. The van der Waals surface area contributed by atoms with Gasteiger partial charge in [0.2, 0.25) is 0 Å². The Morgan fingerprint density at radius 2 is 1.82 bits per heavy atom. The third kappa shape index (κ3) is 4.90. The molecule has 0 bridgehead atoms. The number of pyridine rings is 1. The summed E-state index contributed by atoms with van der Waals surface area (Å²) in [7, 11) is 0. The van der Waals surface area contributed by atoms with E-state index >= 15 is 0 Å². The number of nitrogens with two attached hydrogens (primary N) is 1. The molecule has 3 heteroatoms. The van der Waals surface area contributed by atoms with Crippen molar-refractivity contribution in [3.8, 4) is 5.75 Å². The number of hydrogen-bond acceptors (Lipinski definition) is 3. The molecule has 0 unspecified atom stereocenters. The molecular weight excluding hydrogens is 344 g/mol. The molecule has 148 valence electrons. The molecule has 0 fully saturated rings. The fourth-order valence-electron chi connectivity index (χ4n) is 3.67. The minimum absolute atomic E-state index is 0.541. The van der Waals surface area contributed by atoms with Crippen molar-refractivity contribution in [1.29, 1.82) is 0 Å². The second-order valence-corrected chi connectivity index (χ2v) is 7.87. The van der Waals surface area contributed by atoms with Gasteiger partial charge in [0.25, 0.3) is 0 Å². The monoisotopic (exact) mass is 376 g/mol. The Balaban J connectivity index is 1.99. The van der Waals surface area contributed by atoms with Crippen LogP contribution in [-0.2, 0) is 26.0 Å². The van der Waals surface area contributed by atoms with E-state index in [1.54, 1.807) is 0 Å². The second-order valence-electron chi connectivity index (χ2n) is 7.87. The Labute approximate surface area is 168 Å². The molecule has 28 heavy (non-hydrogen) atoms. The van der Waals surface area contributed by atoms with Gasteiger partial charge in [-0.25, -0.2) is 0 Å². The van der Waals surface area contributed by atoms with Gasteiger partial charge in [-0.15, -0.1) is 0 Å². The first-order chi connectivity index (χ1) is 13.6. The summed E-state index contributed by atoms with van der Waals surface area (Å²) in [5, 5.41) is 1.19. The lowest BCUT2D eigenvalue weighted by Gasteiger charge is -2.18. The summed E-state index contributed by atoms with van der Waals surface area (Å²) in [5.41, 5.74) is 12.2. The van der Waals surface area contributed by atoms with Crippen molar-refractivity contribution in [3.63, 3.8) is 0 Å². The highest BCUT2D eigenvalue weighted by Gasteiger charge is 2.15. The van der Waals surface area contributed by atoms with Crippen molar-refractivity contribution in [3.05, 3.63) is 70.9 Å². The van der Waals surface area contributed by atoms with Crippen LogP contribution in [0.15, 0.2) is 48.5 Å². The van der Waals surface area contributed by atoms with E-state index in [0.717, 1.165) is 42.6 Å². The van der Waals surface area contributed by atoms with E-state index in [1.165, 1.54) is 22.1 Å². The standard InChI is InChI=1S/C25H32N2O/c1-4-5-11-21-22-15-20(28-17-19-9-7-6-8-10-19)12-13-24(22)27-25(14-18(2)3)23(21)16-26/h6-10,12-13,15,18H,4-5,11,14,16-17,26H2,1-3H3. The Morgan fingerprint density at radius 1 is 1.04 bits per heavy atom. The quantitative estimate of drug-likeness (QED) is 0.512. The maximum atomic E-state index is 6.19. The average Bonchev–Trinajstić information content (AvgIpc) is 2.70. The zero-order valence-electron chi connectivity index (χ0n) is 17.4. The maximum Gasteiger partial charge on any atom is 0.120 e. The van der Waals surface area contributed by atoms with E-state index in [4.69, 9.17) is 15.5 Å². The van der Waals surface area contributed by atoms with Crippen molar-refractivity contribution in [1.82, 2.24) is 4.98 Å². The zero-order valence-corrected chi connectivity index (χ0v) is 17.4. The summed E-state index contributed by atoms with van der Waals surface area (Å²) >= 11 is 0. The third-order valence-corrected chi connectivity index (χ3v) is 5.10. The van der Waals surface area contributed by atoms with E-state index in [2.05, 4.69) is 45.0 Å². The van der Waals surface area contributed by atoms with E-state index in [0.29, 0.717) is 19.1 Å². The Kier molecular flexibility index (Phi) is 7.05. The Morgan fingerprint density at radius 3 is 2.50 bits per heavy atom. The Hall–Kier alpha value is -2.39. The second kappa shape index (κ2) is 9.70. The highest BCUT2D eigenvalue weighted by atomic mass is 16.5. The van der Waals surface area contributed by atoms with Crippen LogP contribution < -0.4 is 10.5 Å². The highest BCUT2D eigenvalue weighted by molar-refractivity contribution is 5.85. The number of hydrogen-bond donors (Lipinski definition) is 1. The van der Waals surface area contributed by atoms with Gasteiger partial charge in [0.1, 0.15) is 12.4 Å². The van der Waals surface area contributed by atoms with E-state index < -0.39 is 0 Å². The molecule has 0 saturated heterocycles. The van der Waals surface area contributed by atoms with Gasteiger partial charge in [-0.1, -0.05) is 57.5 Å². The summed E-state index contributed by atoms with van der Waals surface area (Å²) < 4.78 is 6.07. The van der Waals surface area contributed by atoms with Crippen LogP contribution in [0.3, 0.4) is 0 Å². The first-order valence-electron chi connectivity index (χ1n) is 10.4. The predicted molar refractivity (Wildman–Crippen MR) is 118 cm³/mol. The molecule has 0 radical (unpaired) electrons. The molecule has 3 rings (SSSR count). The van der Waals surface area contributed by atoms with Crippen LogP contribution in [0.25, 0.3) is 10.9 Å². The van der Waals surface area contributed by atoms with Crippen molar-refractivity contribution in [2.45, 2.75) is 59.6 Å². The van der Waals surface area contributed by atoms with E-state index in [1.807, 2.05) is 24.3 Å². The maximum absolute atomic E-state index is 6.19. The summed E-state index contributed by atoms with van der Waals surface area (Å²) in [5.74, 6) is 1.44. The molecule has 3 nitrogen and oxygen atoms in total. The number of aryl methyl sites for hydroxylation is 1. The van der Waals surface area contributed by atoms with Gasteiger partial charge < -0.3 is 10.5 Å². The fraction of sp³-hybridized carbons (Fsp3) is 0.400. The van der Waals surface area contributed by atoms with Crippen molar-refractivity contribution in [2.24, 2.45) is 11.7 Å². The molecule has 0 saturated carbocycles. The lowest BCUT2D eigenvalue weighted by Crippen LogP contribution is -2.11. The number of fused-ring (bicyclic) bond motifs is 1. The minimum atomic E-state index is 0.541. The van der Waals surface area contributed by atoms with E-state index in [-0.39, 0.29) is 0 Å². The minimum Gasteiger partial charge on any atom is -0.489 e. The normalized spacial score (nSPS) is 11.3. The van der Waals surface area contributed by atoms with Gasteiger partial charge in [-0.05, 0) is 60.1 Å². The van der Waals surface area contributed by atoms with Crippen LogP contribution in [-0.4, -0.2) is 4.98 Å². The smallest absolute Gasteiger partial charge is 0.120 e. The lowest BCUT2D eigenvalue weighted by molar-refractivity contribution is 0.306. The van der Waals surface area contributed by atoms with Gasteiger partial charge in [0.15, 0.2) is 0 Å². The number of ether oxygens (including phenoxy) is 1. The van der Waals surface area contributed by atoms with Crippen LogP contribution in [0.5, 0.6) is 5.75 Å². The highest BCUT2D eigenvalue weighted by Crippen LogP contribution is 2.30. The topological polar surface area (TPSA) is 48.1 Å². The number of aromatic nitrogens is 1. The fourth-order valence-corrected chi connectivity index (χ4v) is 3.67. The van der Waals surface area contributed by atoms with Crippen molar-refractivity contribution in [2.75, 3.05) is 0 Å². The predicted octanol–water partition coefficient (Wildman–Crippen LogP) is 5.81. The average molecular weight is 377 g/mol. The van der Waals surface area contributed by atoms with Crippen LogP contribution in [0.4, 0.5) is 0 Å². The molecule has 0 aliphatic carbocycles. The Bertz CT molecular complexity index is 903. The van der Waals surface area contributed by atoms with Crippen LogP contribution in [0.2, 0.25) is 0 Å². The molecular formula is C25H32N2O. The molecule has 2 N–H and O–H groups in total. The third-order valence-electron chi connectivity index (χ3n) is 5.10. The molecule has 0 amide bonds. The summed E-state index contributed by atoms with van der Waals surface area (Å²) in [4.78, 5) is 4.98. The van der Waals surface area contributed by atoms with Gasteiger partial charge in [0.05, 0.1) is 5.52 Å². The van der Waals surface area contributed by atoms with Crippen LogP contribution in [0, 0.1) is 5.92 Å². The molecule has 1 heterocycles. The lowest BCUT2D eigenvalue weighted by atomic mass is 9.93. The number of benzene rings is 2. The first-order valence-corrected chi connectivity index (χ1v) is 10.4. The molecule has 0 aliphatic heterocycles. The summed E-state index contributed by atoms with van der Waals surface area (Å²) in [6.45, 7) is 7.81. The first kappa shape index (κ1) is 20.3. The van der Waals surface area contributed by atoms with Crippen molar-refractivity contribution < 1.29 is 4.74 Å². The van der Waals surface area contributed by atoms with Gasteiger partial charge in [-0.2, -0.15) is 0 Å². The number of unbranched alkanes of at least 4 members (excludes halogenated alkanes) is 1. The van der Waals surface area contributed by atoms with Gasteiger partial charge in [-0.3, -0.25) is 4.98 Å². The summed E-state index contributed by atoms with van der Waals surface area (Å²) in [6.07, 6.45) is 4.32. The van der Waals surface area contributed by atoms with Crippen LogP contribution in [0.1, 0.15) is 56.0 Å². The number of rotatable bonds is 9. The van der Waals surface area contributed by atoms with Gasteiger partial charge >= 0.3 is 0 Å². The van der Waals surface area contributed by atoms with E-state index in [9.17, 15) is 0 Å². The SMILES string of the molecule is CCCCc1c(CN)c(CC(C)C)nc2ccc(OCc3ccccc3)cc12.